The molecule has 2 aromatic heterocycles. The van der Waals surface area contributed by atoms with Gasteiger partial charge in [0, 0.05) is 28.7 Å². The van der Waals surface area contributed by atoms with Crippen molar-refractivity contribution in [3.05, 3.63) is 72.2 Å². The maximum atomic E-state index is 12.7. The monoisotopic (exact) mass is 528 g/mol. The molecule has 4 aromatic rings. The van der Waals surface area contributed by atoms with Crippen molar-refractivity contribution >= 4 is 34.4 Å². The minimum atomic E-state index is -0.539. The summed E-state index contributed by atoms with van der Waals surface area (Å²) >= 11 is 1.60. The number of fused-ring (bicyclic) bond motifs is 1. The van der Waals surface area contributed by atoms with Gasteiger partial charge in [0.05, 0.1) is 35.6 Å². The number of nitrogens with zero attached hydrogens (tertiary/aromatic N) is 2. The van der Waals surface area contributed by atoms with E-state index in [0.29, 0.717) is 25.1 Å². The molecule has 1 aliphatic rings. The molecule has 0 spiro atoms. The second-order valence-corrected chi connectivity index (χ2v) is 10.5. The molecule has 5 rings (SSSR count). The van der Waals surface area contributed by atoms with Crippen molar-refractivity contribution < 1.29 is 14.3 Å². The van der Waals surface area contributed by atoms with Crippen molar-refractivity contribution in [2.75, 3.05) is 13.4 Å². The van der Waals surface area contributed by atoms with Crippen molar-refractivity contribution in [3.8, 4) is 17.1 Å². The number of ether oxygens (including phenoxy) is 1. The van der Waals surface area contributed by atoms with Crippen molar-refractivity contribution in [2.45, 2.75) is 55.4 Å². The van der Waals surface area contributed by atoms with Gasteiger partial charge in [0.25, 0.3) is 0 Å². The fraction of sp³-hybridized carbons (Fsp3) is 0.333. The summed E-state index contributed by atoms with van der Waals surface area (Å²) in [7, 11) is 1.61. The van der Waals surface area contributed by atoms with E-state index >= 15 is 0 Å². The Bertz CT molecular complexity index is 1470. The first-order valence-electron chi connectivity index (χ1n) is 13.0. The van der Waals surface area contributed by atoms with Crippen LogP contribution in [0.1, 0.15) is 61.1 Å². The normalized spacial score (nSPS) is 17.1. The Hall–Kier alpha value is -3.65. The molecule has 7 nitrogen and oxygen atoms in total. The highest BCUT2D eigenvalue weighted by molar-refractivity contribution is 7.98. The Morgan fingerprint density at radius 1 is 1.11 bits per heavy atom. The molecule has 0 bridgehead atoms. The summed E-state index contributed by atoms with van der Waals surface area (Å²) in [4.78, 5) is 38.9. The summed E-state index contributed by atoms with van der Waals surface area (Å²) in [6, 6.07) is 17.7. The van der Waals surface area contributed by atoms with Crippen LogP contribution in [0.3, 0.4) is 0 Å². The number of H-pyrrole nitrogens is 1. The number of imidazole rings is 1. The van der Waals surface area contributed by atoms with Crippen molar-refractivity contribution in [2.24, 2.45) is 0 Å². The van der Waals surface area contributed by atoms with E-state index in [1.54, 1.807) is 25.1 Å². The van der Waals surface area contributed by atoms with E-state index in [4.69, 9.17) is 9.72 Å². The van der Waals surface area contributed by atoms with Crippen LogP contribution < -0.4 is 10.1 Å². The smallest absolute Gasteiger partial charge is 0.223 e. The van der Waals surface area contributed by atoms with E-state index in [-0.39, 0.29) is 11.7 Å². The maximum Gasteiger partial charge on any atom is 0.223 e. The molecule has 1 amide bonds. The molecule has 0 aliphatic carbocycles. The molecule has 1 aliphatic heterocycles. The Morgan fingerprint density at radius 3 is 2.71 bits per heavy atom. The van der Waals surface area contributed by atoms with Gasteiger partial charge in [0.1, 0.15) is 5.82 Å². The van der Waals surface area contributed by atoms with E-state index in [0.717, 1.165) is 64.1 Å². The van der Waals surface area contributed by atoms with Crippen LogP contribution >= 0.6 is 11.8 Å². The van der Waals surface area contributed by atoms with Gasteiger partial charge < -0.3 is 15.0 Å². The average molecular weight is 529 g/mol. The van der Waals surface area contributed by atoms with Crippen LogP contribution in [0.15, 0.2) is 65.7 Å². The molecule has 1 fully saturated rings. The zero-order valence-electron chi connectivity index (χ0n) is 21.8. The first-order chi connectivity index (χ1) is 18.5. The number of rotatable bonds is 11. The van der Waals surface area contributed by atoms with Gasteiger partial charge >= 0.3 is 0 Å². The number of hydrogen-bond donors (Lipinski definition) is 2. The molecule has 0 radical (unpaired) electrons. The highest BCUT2D eigenvalue weighted by Gasteiger charge is 2.41. The lowest BCUT2D eigenvalue weighted by atomic mass is 9.89. The molecule has 1 atom stereocenters. The minimum Gasteiger partial charge on any atom is -0.480 e. The van der Waals surface area contributed by atoms with Gasteiger partial charge in [-0.3, -0.25) is 9.59 Å². The van der Waals surface area contributed by atoms with Crippen LogP contribution in [0.2, 0.25) is 0 Å². The highest BCUT2D eigenvalue weighted by Crippen LogP contribution is 2.37. The topological polar surface area (TPSA) is 97.0 Å². The number of hydrogen-bond acceptors (Lipinski definition) is 6. The first-order valence-corrected chi connectivity index (χ1v) is 14.2. The Morgan fingerprint density at radius 2 is 1.92 bits per heavy atom. The molecule has 3 heterocycles. The van der Waals surface area contributed by atoms with Crippen LogP contribution in [0.5, 0.6) is 5.88 Å². The van der Waals surface area contributed by atoms with Crippen molar-refractivity contribution in [1.29, 1.82) is 0 Å². The number of para-hydroxylation sites is 1. The number of aromatic nitrogens is 3. The number of amides is 1. The second-order valence-electron chi connectivity index (χ2n) is 9.70. The van der Waals surface area contributed by atoms with Gasteiger partial charge in [-0.15, -0.1) is 11.8 Å². The summed E-state index contributed by atoms with van der Waals surface area (Å²) in [6.07, 6.45) is 8.83. The lowest BCUT2D eigenvalue weighted by molar-refractivity contribution is -0.120. The minimum absolute atomic E-state index is 0.0387. The number of pyridine rings is 1. The number of thioether (sulfide) groups is 1. The third-order valence-corrected chi connectivity index (χ3v) is 8.07. The maximum absolute atomic E-state index is 12.7. The number of carbonyl (C=O) groups excluding carboxylic acids is 2. The van der Waals surface area contributed by atoms with Gasteiger partial charge in [-0.05, 0) is 43.7 Å². The van der Waals surface area contributed by atoms with Gasteiger partial charge in [-0.1, -0.05) is 49.2 Å². The largest absolute Gasteiger partial charge is 0.480 e. The fourth-order valence-corrected chi connectivity index (χ4v) is 5.87. The standard InChI is InChI=1S/C30H32N4O3S/c1-37-28-22(18-20-10-5-7-12-23(20)32-28)24-19-31-29(33-24)30(17-15-27(36)34-30)16-9-3-4-13-25(35)21-11-6-8-14-26(21)38-2/h5-8,10-12,14,18-19H,3-4,9,13,15-17H2,1-2H3,(H,31,33)(H,34,36). The third kappa shape index (κ3) is 5.31. The number of methoxy groups -OCH3 is 1. The molecule has 1 unspecified atom stereocenters. The summed E-state index contributed by atoms with van der Waals surface area (Å²) in [6.45, 7) is 0. The van der Waals surface area contributed by atoms with Crippen LogP contribution in [0.4, 0.5) is 0 Å². The fourth-order valence-electron chi connectivity index (χ4n) is 5.25. The summed E-state index contributed by atoms with van der Waals surface area (Å²) in [5.74, 6) is 1.50. The number of aromatic amines is 1. The predicted molar refractivity (Wildman–Crippen MR) is 151 cm³/mol. The number of ketones is 1. The quantitative estimate of drug-likeness (QED) is 0.135. The van der Waals surface area contributed by atoms with E-state index in [9.17, 15) is 9.59 Å². The second kappa shape index (κ2) is 11.4. The number of benzene rings is 2. The van der Waals surface area contributed by atoms with E-state index in [1.807, 2.05) is 60.9 Å². The van der Waals surface area contributed by atoms with Crippen LogP contribution in [-0.2, 0) is 10.3 Å². The first kappa shape index (κ1) is 26.0. The highest BCUT2D eigenvalue weighted by atomic mass is 32.2. The molecule has 8 heteroatoms. The van der Waals surface area contributed by atoms with E-state index < -0.39 is 5.54 Å². The average Bonchev–Trinajstić information content (AvgIpc) is 3.60. The van der Waals surface area contributed by atoms with Gasteiger partial charge in [0.2, 0.25) is 11.8 Å². The molecular formula is C30H32N4O3S. The zero-order chi connectivity index (χ0) is 26.5. The summed E-state index contributed by atoms with van der Waals surface area (Å²) < 4.78 is 5.58. The van der Waals surface area contributed by atoms with Gasteiger partial charge in [-0.25, -0.2) is 9.97 Å². The molecular weight excluding hydrogens is 496 g/mol. The molecule has 38 heavy (non-hydrogen) atoms. The molecule has 1 saturated heterocycles. The number of Topliss-reactive ketones (excluding diaryl/α,β-unsaturated/α-hetero) is 1. The van der Waals surface area contributed by atoms with Gasteiger partial charge in [0.15, 0.2) is 5.78 Å². The van der Waals surface area contributed by atoms with E-state index in [1.165, 1.54) is 0 Å². The predicted octanol–water partition coefficient (Wildman–Crippen LogP) is 6.29. The van der Waals surface area contributed by atoms with Gasteiger partial charge in [-0.2, -0.15) is 0 Å². The Balaban J connectivity index is 1.28. The SMILES string of the molecule is COc1nc2ccccc2cc1-c1cnc(C2(CCCCCC(=O)c3ccccc3SC)CCC(=O)N2)[nH]1. The van der Waals surface area contributed by atoms with Crippen molar-refractivity contribution in [3.63, 3.8) is 0 Å². The lowest BCUT2D eigenvalue weighted by Gasteiger charge is -2.27. The lowest BCUT2D eigenvalue weighted by Crippen LogP contribution is -2.39. The number of unbranched alkanes of at least 4 members (excludes halogenated alkanes) is 2. The molecule has 2 aromatic carbocycles. The van der Waals surface area contributed by atoms with Crippen LogP contribution in [0, 0.1) is 0 Å². The van der Waals surface area contributed by atoms with E-state index in [2.05, 4.69) is 15.3 Å². The molecule has 2 N–H and O–H groups in total. The third-order valence-electron chi connectivity index (χ3n) is 7.27. The molecule has 0 saturated carbocycles. The van der Waals surface area contributed by atoms with Crippen molar-refractivity contribution in [1.82, 2.24) is 20.3 Å². The van der Waals surface area contributed by atoms with Crippen LogP contribution in [0.25, 0.3) is 22.2 Å². The zero-order valence-corrected chi connectivity index (χ0v) is 22.6. The number of nitrogens with one attached hydrogen (secondary N) is 2. The summed E-state index contributed by atoms with van der Waals surface area (Å²) in [5.41, 5.74) is 2.76. The van der Waals surface area contributed by atoms with Crippen LogP contribution in [-0.4, -0.2) is 40.0 Å². The Labute approximate surface area is 226 Å². The molecule has 196 valence electrons. The Kier molecular flexibility index (Phi) is 7.79. The number of carbonyl (C=O) groups is 2. The summed E-state index contributed by atoms with van der Waals surface area (Å²) in [5, 5.41) is 4.21.